The van der Waals surface area contributed by atoms with Crippen LogP contribution in [0.1, 0.15) is 41.4 Å². The van der Waals surface area contributed by atoms with Crippen LogP contribution in [0.2, 0.25) is 0 Å². The number of amides is 1. The number of hydrogen-bond donors (Lipinski definition) is 2. The van der Waals surface area contributed by atoms with E-state index >= 15 is 0 Å². The summed E-state index contributed by atoms with van der Waals surface area (Å²) in [5, 5.41) is 13.1. The molecule has 1 aromatic heterocycles. The minimum atomic E-state index is -0.906. The van der Waals surface area contributed by atoms with Crippen molar-refractivity contribution in [2.45, 2.75) is 39.7 Å². The van der Waals surface area contributed by atoms with E-state index in [9.17, 15) is 14.7 Å². The number of nitrogens with zero attached hydrogens (tertiary/aromatic N) is 1. The number of aliphatic carboxylic acids is 1. The molecule has 1 aliphatic carbocycles. The number of aryl methyl sites for hydroxylation is 2. The lowest BCUT2D eigenvalue weighted by atomic mass is 9.82. The van der Waals surface area contributed by atoms with E-state index in [2.05, 4.69) is 10.3 Å². The van der Waals surface area contributed by atoms with Crippen molar-refractivity contribution in [3.05, 3.63) is 27.7 Å². The average Bonchev–Trinajstić information content (AvgIpc) is 2.77. The molecule has 0 spiro atoms. The Hall–Kier alpha value is -1.69. The second-order valence-electron chi connectivity index (χ2n) is 5.41. The Morgan fingerprint density at radius 3 is 2.48 bits per heavy atom. The predicted octanol–water partition coefficient (Wildman–Crippen LogP) is 2.60. The maximum absolute atomic E-state index is 12.4. The summed E-state index contributed by atoms with van der Waals surface area (Å²) in [5.74, 6) is -2.22. The van der Waals surface area contributed by atoms with E-state index in [0.717, 1.165) is 15.6 Å². The van der Waals surface area contributed by atoms with E-state index in [4.69, 9.17) is 0 Å². The van der Waals surface area contributed by atoms with Gasteiger partial charge in [-0.15, -0.1) is 11.3 Å². The molecule has 6 heteroatoms. The molecule has 1 aliphatic rings. The highest BCUT2D eigenvalue weighted by Gasteiger charge is 2.34. The van der Waals surface area contributed by atoms with Crippen molar-refractivity contribution in [2.24, 2.45) is 11.8 Å². The van der Waals surface area contributed by atoms with Gasteiger partial charge in [0.25, 0.3) is 0 Å². The summed E-state index contributed by atoms with van der Waals surface area (Å²) in [4.78, 5) is 29.0. The number of carbonyl (C=O) groups excluding carboxylic acids is 1. The Bertz CT molecular complexity index is 579. The lowest BCUT2D eigenvalue weighted by Gasteiger charge is -2.25. The largest absolute Gasteiger partial charge is 0.481 e. The molecule has 21 heavy (non-hydrogen) atoms. The number of rotatable bonds is 4. The predicted molar refractivity (Wildman–Crippen MR) is 81.1 cm³/mol. The molecular weight excluding hydrogens is 288 g/mol. The number of aromatic nitrogens is 1. The van der Waals surface area contributed by atoms with Gasteiger partial charge in [-0.3, -0.25) is 9.59 Å². The Morgan fingerprint density at radius 2 is 1.95 bits per heavy atom. The summed E-state index contributed by atoms with van der Waals surface area (Å²) in [6.45, 7) is 5.76. The average molecular weight is 308 g/mol. The van der Waals surface area contributed by atoms with E-state index in [1.54, 1.807) is 11.3 Å². The van der Waals surface area contributed by atoms with Crippen molar-refractivity contribution in [1.29, 1.82) is 0 Å². The second-order valence-corrected chi connectivity index (χ2v) is 6.64. The highest BCUT2D eigenvalue weighted by Crippen LogP contribution is 2.29. The lowest BCUT2D eigenvalue weighted by molar-refractivity contribution is -0.147. The fourth-order valence-corrected chi connectivity index (χ4v) is 3.64. The molecule has 114 valence electrons. The summed E-state index contributed by atoms with van der Waals surface area (Å²) in [6, 6.07) is -0.149. The lowest BCUT2D eigenvalue weighted by Crippen LogP contribution is -2.39. The first-order chi connectivity index (χ1) is 9.90. The molecular formula is C15H20N2O3S. The van der Waals surface area contributed by atoms with Crippen LogP contribution >= 0.6 is 11.3 Å². The van der Waals surface area contributed by atoms with Crippen LogP contribution in [0.3, 0.4) is 0 Å². The number of hydrogen-bond acceptors (Lipinski definition) is 4. The van der Waals surface area contributed by atoms with Crippen molar-refractivity contribution < 1.29 is 14.7 Å². The maximum Gasteiger partial charge on any atom is 0.307 e. The van der Waals surface area contributed by atoms with Gasteiger partial charge in [-0.2, -0.15) is 0 Å². The molecule has 2 rings (SSSR count). The molecule has 1 unspecified atom stereocenters. The van der Waals surface area contributed by atoms with Gasteiger partial charge in [-0.25, -0.2) is 4.98 Å². The molecule has 0 fully saturated rings. The molecule has 1 aromatic rings. The number of carbonyl (C=O) groups is 2. The number of allylic oxidation sites excluding steroid dienone is 2. The molecule has 0 radical (unpaired) electrons. The van der Waals surface area contributed by atoms with E-state index in [0.29, 0.717) is 12.8 Å². The summed E-state index contributed by atoms with van der Waals surface area (Å²) >= 11 is 1.56. The molecule has 0 saturated heterocycles. The smallest absolute Gasteiger partial charge is 0.307 e. The van der Waals surface area contributed by atoms with Crippen molar-refractivity contribution in [2.75, 3.05) is 0 Å². The number of nitrogens with one attached hydrogen (secondary N) is 1. The third kappa shape index (κ3) is 3.50. The Kier molecular flexibility index (Phi) is 4.77. The van der Waals surface area contributed by atoms with Gasteiger partial charge in [-0.1, -0.05) is 12.2 Å². The van der Waals surface area contributed by atoms with Gasteiger partial charge in [0.15, 0.2) is 0 Å². The first-order valence-corrected chi connectivity index (χ1v) is 7.84. The van der Waals surface area contributed by atoms with Crippen LogP contribution in [0.25, 0.3) is 0 Å². The fourth-order valence-electron chi connectivity index (χ4n) is 2.71. The molecule has 1 heterocycles. The topological polar surface area (TPSA) is 79.3 Å². The highest BCUT2D eigenvalue weighted by molar-refractivity contribution is 7.11. The van der Waals surface area contributed by atoms with Crippen LogP contribution in [0, 0.1) is 25.7 Å². The molecule has 2 N–H and O–H groups in total. The first kappa shape index (κ1) is 15.7. The third-order valence-corrected chi connectivity index (χ3v) is 5.03. The Balaban J connectivity index is 2.08. The number of thiazole rings is 1. The monoisotopic (exact) mass is 308 g/mol. The van der Waals surface area contributed by atoms with Gasteiger partial charge in [0.1, 0.15) is 0 Å². The molecule has 3 atom stereocenters. The van der Waals surface area contributed by atoms with Crippen LogP contribution in [0.15, 0.2) is 12.2 Å². The minimum Gasteiger partial charge on any atom is -0.481 e. The van der Waals surface area contributed by atoms with Gasteiger partial charge in [0.05, 0.1) is 28.6 Å². The van der Waals surface area contributed by atoms with Gasteiger partial charge in [0, 0.05) is 4.88 Å². The SMILES string of the molecule is Cc1nc(C)c(C(C)NC(=O)[C@@H]2CC=CC[C@@H]2C(=O)O)s1. The van der Waals surface area contributed by atoms with Gasteiger partial charge >= 0.3 is 5.97 Å². The van der Waals surface area contributed by atoms with Crippen molar-refractivity contribution >= 4 is 23.2 Å². The van der Waals surface area contributed by atoms with Crippen LogP contribution in [0.5, 0.6) is 0 Å². The highest BCUT2D eigenvalue weighted by atomic mass is 32.1. The van der Waals surface area contributed by atoms with E-state index in [1.165, 1.54) is 0 Å². The normalized spacial score (nSPS) is 22.8. The van der Waals surface area contributed by atoms with Crippen LogP contribution in [-0.4, -0.2) is 22.0 Å². The van der Waals surface area contributed by atoms with E-state index in [-0.39, 0.29) is 11.9 Å². The summed E-state index contributed by atoms with van der Waals surface area (Å²) in [7, 11) is 0. The van der Waals surface area contributed by atoms with Crippen LogP contribution in [0.4, 0.5) is 0 Å². The van der Waals surface area contributed by atoms with E-state index < -0.39 is 17.8 Å². The molecule has 0 aliphatic heterocycles. The quantitative estimate of drug-likeness (QED) is 0.838. The van der Waals surface area contributed by atoms with Crippen LogP contribution < -0.4 is 5.32 Å². The standard InChI is InChI=1S/C15H20N2O3S/c1-8-13(21-10(3)16-8)9(2)17-14(18)11-6-4-5-7-12(11)15(19)20/h4-5,9,11-12H,6-7H2,1-3H3,(H,17,18)(H,19,20)/t9?,11-,12+/m1/s1. The third-order valence-electron chi connectivity index (χ3n) is 3.78. The zero-order chi connectivity index (χ0) is 15.6. The van der Waals surface area contributed by atoms with E-state index in [1.807, 2.05) is 32.9 Å². The summed E-state index contributed by atoms with van der Waals surface area (Å²) < 4.78 is 0. The first-order valence-electron chi connectivity index (χ1n) is 7.02. The number of carboxylic acids is 1. The zero-order valence-corrected chi connectivity index (χ0v) is 13.2. The number of carboxylic acid groups (broad SMARTS) is 1. The van der Waals surface area contributed by atoms with Gasteiger partial charge in [-0.05, 0) is 33.6 Å². The maximum atomic E-state index is 12.4. The summed E-state index contributed by atoms with van der Waals surface area (Å²) in [5.41, 5.74) is 0.920. The minimum absolute atomic E-state index is 0.149. The second kappa shape index (κ2) is 6.39. The fraction of sp³-hybridized carbons (Fsp3) is 0.533. The van der Waals surface area contributed by atoms with Crippen molar-refractivity contribution in [1.82, 2.24) is 10.3 Å². The van der Waals surface area contributed by atoms with Crippen molar-refractivity contribution in [3.8, 4) is 0 Å². The molecule has 0 bridgehead atoms. The zero-order valence-electron chi connectivity index (χ0n) is 12.4. The van der Waals surface area contributed by atoms with Gasteiger partial charge < -0.3 is 10.4 Å². The van der Waals surface area contributed by atoms with Crippen LogP contribution in [-0.2, 0) is 9.59 Å². The Morgan fingerprint density at radius 1 is 1.33 bits per heavy atom. The van der Waals surface area contributed by atoms with Crippen molar-refractivity contribution in [3.63, 3.8) is 0 Å². The Labute approximate surface area is 128 Å². The molecule has 1 amide bonds. The van der Waals surface area contributed by atoms with Gasteiger partial charge in [0.2, 0.25) is 5.91 Å². The molecule has 0 saturated carbocycles. The molecule has 0 aromatic carbocycles. The summed E-state index contributed by atoms with van der Waals surface area (Å²) in [6.07, 6.45) is 4.62. The molecule has 5 nitrogen and oxygen atoms in total.